The number of benzene rings is 1. The van der Waals surface area contributed by atoms with Crippen LogP contribution in [0.1, 0.15) is 29.9 Å². The van der Waals surface area contributed by atoms with Gasteiger partial charge in [-0.3, -0.25) is 0 Å². The largest absolute Gasteiger partial charge is 0.330 e. The SMILES string of the molecule is NCCc1c(Br)cccc1C1CC1. The Kier molecular flexibility index (Phi) is 2.70. The molecule has 70 valence electrons. The minimum atomic E-state index is 0.738. The molecule has 1 aliphatic carbocycles. The lowest BCUT2D eigenvalue weighted by Crippen LogP contribution is -2.05. The second kappa shape index (κ2) is 3.81. The Balaban J connectivity index is 2.35. The molecule has 0 unspecified atom stereocenters. The first-order chi connectivity index (χ1) is 6.33. The zero-order chi connectivity index (χ0) is 9.26. The van der Waals surface area contributed by atoms with Crippen LogP contribution in [0.2, 0.25) is 0 Å². The Hall–Kier alpha value is -0.340. The van der Waals surface area contributed by atoms with Crippen LogP contribution >= 0.6 is 15.9 Å². The summed E-state index contributed by atoms with van der Waals surface area (Å²) in [6.07, 6.45) is 3.70. The normalized spacial score (nSPS) is 16.2. The zero-order valence-corrected chi connectivity index (χ0v) is 9.18. The number of rotatable bonds is 3. The Bertz CT molecular complexity index is 305. The van der Waals surface area contributed by atoms with Gasteiger partial charge >= 0.3 is 0 Å². The van der Waals surface area contributed by atoms with Gasteiger partial charge in [0.25, 0.3) is 0 Å². The van der Waals surface area contributed by atoms with Crippen molar-refractivity contribution in [1.82, 2.24) is 0 Å². The molecule has 1 aromatic rings. The molecule has 0 aromatic heterocycles. The first-order valence-corrected chi connectivity index (χ1v) is 5.59. The average molecular weight is 240 g/mol. The Morgan fingerprint density at radius 3 is 2.77 bits per heavy atom. The highest BCUT2D eigenvalue weighted by molar-refractivity contribution is 9.10. The second-order valence-corrected chi connectivity index (χ2v) is 4.47. The lowest BCUT2D eigenvalue weighted by atomic mass is 10.0. The van der Waals surface area contributed by atoms with Crippen LogP contribution in [0.5, 0.6) is 0 Å². The molecule has 1 aliphatic rings. The van der Waals surface area contributed by atoms with E-state index in [1.165, 1.54) is 28.4 Å². The molecule has 1 fully saturated rings. The van der Waals surface area contributed by atoms with E-state index in [0.717, 1.165) is 18.9 Å². The van der Waals surface area contributed by atoms with Crippen LogP contribution in [0.3, 0.4) is 0 Å². The zero-order valence-electron chi connectivity index (χ0n) is 7.59. The molecule has 1 saturated carbocycles. The topological polar surface area (TPSA) is 26.0 Å². The van der Waals surface area contributed by atoms with Gasteiger partial charge in [0.05, 0.1) is 0 Å². The molecule has 1 aromatic carbocycles. The van der Waals surface area contributed by atoms with Crippen LogP contribution in [0, 0.1) is 0 Å². The van der Waals surface area contributed by atoms with E-state index >= 15 is 0 Å². The smallest absolute Gasteiger partial charge is 0.0210 e. The van der Waals surface area contributed by atoms with Crippen LogP contribution in [0.25, 0.3) is 0 Å². The summed E-state index contributed by atoms with van der Waals surface area (Å²) in [7, 11) is 0. The van der Waals surface area contributed by atoms with Crippen molar-refractivity contribution < 1.29 is 0 Å². The van der Waals surface area contributed by atoms with E-state index in [4.69, 9.17) is 5.73 Å². The standard InChI is InChI=1S/C11H14BrN/c12-11-3-1-2-9(8-4-5-8)10(11)6-7-13/h1-3,8H,4-7,13H2. The van der Waals surface area contributed by atoms with E-state index in [1.807, 2.05) is 0 Å². The number of hydrogen-bond acceptors (Lipinski definition) is 1. The Morgan fingerprint density at radius 1 is 1.38 bits per heavy atom. The summed E-state index contributed by atoms with van der Waals surface area (Å²) >= 11 is 3.59. The maximum Gasteiger partial charge on any atom is 0.0210 e. The first kappa shape index (κ1) is 9.22. The molecule has 2 heteroatoms. The van der Waals surface area contributed by atoms with Gasteiger partial charge in [-0.05, 0) is 48.9 Å². The third-order valence-corrected chi connectivity index (χ3v) is 3.31. The first-order valence-electron chi connectivity index (χ1n) is 4.80. The molecule has 0 amide bonds. The van der Waals surface area contributed by atoms with Crippen molar-refractivity contribution in [3.8, 4) is 0 Å². The quantitative estimate of drug-likeness (QED) is 0.863. The van der Waals surface area contributed by atoms with E-state index in [2.05, 4.69) is 34.1 Å². The molecule has 0 aliphatic heterocycles. The van der Waals surface area contributed by atoms with E-state index in [9.17, 15) is 0 Å². The molecule has 0 saturated heterocycles. The summed E-state index contributed by atoms with van der Waals surface area (Å²) in [5, 5.41) is 0. The molecule has 0 bridgehead atoms. The van der Waals surface area contributed by atoms with Gasteiger partial charge in [0.1, 0.15) is 0 Å². The second-order valence-electron chi connectivity index (χ2n) is 3.62. The molecule has 2 rings (SSSR count). The van der Waals surface area contributed by atoms with Crippen LogP contribution in [0.15, 0.2) is 22.7 Å². The molecule has 1 nitrogen and oxygen atoms in total. The summed E-state index contributed by atoms with van der Waals surface area (Å²) in [6.45, 7) is 0.738. The van der Waals surface area contributed by atoms with Crippen molar-refractivity contribution in [2.45, 2.75) is 25.2 Å². The Labute approximate surface area is 87.5 Å². The number of nitrogens with two attached hydrogens (primary N) is 1. The summed E-state index contributed by atoms with van der Waals surface area (Å²) in [5.41, 5.74) is 8.54. The monoisotopic (exact) mass is 239 g/mol. The van der Waals surface area contributed by atoms with Gasteiger partial charge < -0.3 is 5.73 Å². The predicted octanol–water partition coefficient (Wildman–Crippen LogP) is 2.83. The molecule has 2 N–H and O–H groups in total. The minimum Gasteiger partial charge on any atom is -0.330 e. The highest BCUT2D eigenvalue weighted by Gasteiger charge is 2.26. The molecule has 0 spiro atoms. The number of hydrogen-bond donors (Lipinski definition) is 1. The van der Waals surface area contributed by atoms with Gasteiger partial charge in [-0.2, -0.15) is 0 Å². The summed E-state index contributed by atoms with van der Waals surface area (Å²) in [5.74, 6) is 0.819. The van der Waals surface area contributed by atoms with Gasteiger partial charge in [0.15, 0.2) is 0 Å². The fraction of sp³-hybridized carbons (Fsp3) is 0.455. The molecule has 0 radical (unpaired) electrons. The molecular weight excluding hydrogens is 226 g/mol. The lowest BCUT2D eigenvalue weighted by Gasteiger charge is -2.09. The van der Waals surface area contributed by atoms with Crippen LogP contribution < -0.4 is 5.73 Å². The molecule has 0 atom stereocenters. The predicted molar refractivity (Wildman–Crippen MR) is 58.9 cm³/mol. The Morgan fingerprint density at radius 2 is 2.15 bits per heavy atom. The van der Waals surface area contributed by atoms with Crippen LogP contribution in [0.4, 0.5) is 0 Å². The molecule has 0 heterocycles. The van der Waals surface area contributed by atoms with E-state index < -0.39 is 0 Å². The maximum atomic E-state index is 5.60. The van der Waals surface area contributed by atoms with Crippen LogP contribution in [-0.4, -0.2) is 6.54 Å². The molecule has 13 heavy (non-hydrogen) atoms. The third-order valence-electron chi connectivity index (χ3n) is 2.57. The van der Waals surface area contributed by atoms with E-state index in [-0.39, 0.29) is 0 Å². The van der Waals surface area contributed by atoms with E-state index in [1.54, 1.807) is 0 Å². The fourth-order valence-corrected chi connectivity index (χ4v) is 2.34. The lowest BCUT2D eigenvalue weighted by molar-refractivity contribution is 0.930. The summed E-state index contributed by atoms with van der Waals surface area (Å²) < 4.78 is 1.22. The van der Waals surface area contributed by atoms with Crippen molar-refractivity contribution in [3.63, 3.8) is 0 Å². The van der Waals surface area contributed by atoms with E-state index in [0.29, 0.717) is 0 Å². The van der Waals surface area contributed by atoms with Gasteiger partial charge in [0.2, 0.25) is 0 Å². The van der Waals surface area contributed by atoms with Crippen LogP contribution in [-0.2, 0) is 6.42 Å². The van der Waals surface area contributed by atoms with Crippen molar-refractivity contribution in [2.75, 3.05) is 6.54 Å². The van der Waals surface area contributed by atoms with Crippen molar-refractivity contribution in [3.05, 3.63) is 33.8 Å². The third kappa shape index (κ3) is 1.94. The fourth-order valence-electron chi connectivity index (χ4n) is 1.76. The van der Waals surface area contributed by atoms with Crippen molar-refractivity contribution >= 4 is 15.9 Å². The van der Waals surface area contributed by atoms with Crippen molar-refractivity contribution in [2.24, 2.45) is 5.73 Å². The molecular formula is C11H14BrN. The minimum absolute atomic E-state index is 0.738. The number of halogens is 1. The highest BCUT2D eigenvalue weighted by Crippen LogP contribution is 2.43. The van der Waals surface area contributed by atoms with Gasteiger partial charge in [-0.1, -0.05) is 28.1 Å². The van der Waals surface area contributed by atoms with Crippen molar-refractivity contribution in [1.29, 1.82) is 0 Å². The van der Waals surface area contributed by atoms with Gasteiger partial charge in [-0.15, -0.1) is 0 Å². The maximum absolute atomic E-state index is 5.60. The summed E-state index contributed by atoms with van der Waals surface area (Å²) in [4.78, 5) is 0. The average Bonchev–Trinajstić information content (AvgIpc) is 2.92. The van der Waals surface area contributed by atoms with Gasteiger partial charge in [0, 0.05) is 4.47 Å². The summed E-state index contributed by atoms with van der Waals surface area (Å²) in [6, 6.07) is 6.47. The van der Waals surface area contributed by atoms with Gasteiger partial charge in [-0.25, -0.2) is 0 Å². The highest BCUT2D eigenvalue weighted by atomic mass is 79.9.